The van der Waals surface area contributed by atoms with Crippen molar-refractivity contribution in [3.05, 3.63) is 53.9 Å². The van der Waals surface area contributed by atoms with Crippen LogP contribution in [-0.4, -0.2) is 30.9 Å². The number of allylic oxidation sites excluding steroid dienone is 2. The standard InChI is InChI=1S/C17H22N2O/c1-4-19(5-2)17-12-16(20-3)11-15(13-18-17)14-9-7-6-8-10-14/h6-11,13H,4-5,12H2,1-3H3. The van der Waals surface area contributed by atoms with E-state index < -0.39 is 0 Å². The summed E-state index contributed by atoms with van der Waals surface area (Å²) >= 11 is 0. The van der Waals surface area contributed by atoms with Gasteiger partial charge in [0.2, 0.25) is 0 Å². The van der Waals surface area contributed by atoms with Gasteiger partial charge in [-0.1, -0.05) is 30.3 Å². The Hall–Kier alpha value is -2.03. The molecular formula is C17H22N2O. The summed E-state index contributed by atoms with van der Waals surface area (Å²) in [6.45, 7) is 6.21. The van der Waals surface area contributed by atoms with Crippen LogP contribution in [0.2, 0.25) is 0 Å². The van der Waals surface area contributed by atoms with Crippen LogP contribution in [0.15, 0.2) is 53.4 Å². The maximum Gasteiger partial charge on any atom is 0.112 e. The zero-order valence-electron chi connectivity index (χ0n) is 12.5. The molecule has 0 atom stereocenters. The number of hydrogen-bond acceptors (Lipinski definition) is 3. The van der Waals surface area contributed by atoms with E-state index in [1.807, 2.05) is 24.4 Å². The van der Waals surface area contributed by atoms with Crippen molar-refractivity contribution in [3.8, 4) is 0 Å². The van der Waals surface area contributed by atoms with E-state index in [9.17, 15) is 0 Å². The molecule has 2 rings (SSSR count). The lowest BCUT2D eigenvalue weighted by Gasteiger charge is -2.22. The van der Waals surface area contributed by atoms with Gasteiger partial charge in [-0.2, -0.15) is 0 Å². The van der Waals surface area contributed by atoms with Gasteiger partial charge in [0.15, 0.2) is 0 Å². The van der Waals surface area contributed by atoms with Crippen LogP contribution in [0.25, 0.3) is 5.57 Å². The summed E-state index contributed by atoms with van der Waals surface area (Å²) in [6, 6.07) is 10.3. The first-order chi connectivity index (χ1) is 9.78. The van der Waals surface area contributed by atoms with Crippen molar-refractivity contribution in [2.75, 3.05) is 20.2 Å². The Balaban J connectivity index is 2.37. The molecule has 0 bridgehead atoms. The number of hydrogen-bond donors (Lipinski definition) is 0. The molecule has 1 aliphatic heterocycles. The van der Waals surface area contributed by atoms with Crippen molar-refractivity contribution in [3.63, 3.8) is 0 Å². The van der Waals surface area contributed by atoms with E-state index in [0.29, 0.717) is 0 Å². The van der Waals surface area contributed by atoms with E-state index in [2.05, 4.69) is 41.9 Å². The maximum atomic E-state index is 5.51. The monoisotopic (exact) mass is 270 g/mol. The summed E-state index contributed by atoms with van der Waals surface area (Å²) in [6.07, 6.45) is 4.76. The summed E-state index contributed by atoms with van der Waals surface area (Å²) < 4.78 is 5.51. The number of amidine groups is 1. The van der Waals surface area contributed by atoms with Gasteiger partial charge in [0, 0.05) is 24.9 Å². The van der Waals surface area contributed by atoms with Gasteiger partial charge in [-0.3, -0.25) is 0 Å². The van der Waals surface area contributed by atoms with Crippen LogP contribution in [0.4, 0.5) is 0 Å². The molecule has 0 fully saturated rings. The van der Waals surface area contributed by atoms with E-state index in [1.54, 1.807) is 7.11 Å². The van der Waals surface area contributed by atoms with Gasteiger partial charge < -0.3 is 9.64 Å². The van der Waals surface area contributed by atoms with Gasteiger partial charge in [0.1, 0.15) is 11.6 Å². The van der Waals surface area contributed by atoms with E-state index in [0.717, 1.165) is 42.2 Å². The topological polar surface area (TPSA) is 24.8 Å². The van der Waals surface area contributed by atoms with Crippen molar-refractivity contribution >= 4 is 11.4 Å². The van der Waals surface area contributed by atoms with Crippen molar-refractivity contribution in [2.24, 2.45) is 4.99 Å². The molecule has 1 aromatic rings. The Kier molecular flexibility index (Phi) is 4.99. The predicted molar refractivity (Wildman–Crippen MR) is 84.5 cm³/mol. The molecular weight excluding hydrogens is 248 g/mol. The molecule has 0 unspecified atom stereocenters. The lowest BCUT2D eigenvalue weighted by molar-refractivity contribution is 0.284. The first-order valence-corrected chi connectivity index (χ1v) is 7.10. The van der Waals surface area contributed by atoms with Crippen LogP contribution in [0, 0.1) is 0 Å². The third-order valence-corrected chi connectivity index (χ3v) is 3.50. The second kappa shape index (κ2) is 6.94. The molecule has 1 heterocycles. The largest absolute Gasteiger partial charge is 0.501 e. The Morgan fingerprint density at radius 1 is 1.15 bits per heavy atom. The molecule has 0 radical (unpaired) electrons. The molecule has 0 saturated carbocycles. The van der Waals surface area contributed by atoms with Crippen molar-refractivity contribution < 1.29 is 4.74 Å². The molecule has 0 spiro atoms. The van der Waals surface area contributed by atoms with Crippen LogP contribution in [-0.2, 0) is 4.74 Å². The molecule has 0 aliphatic carbocycles. The van der Waals surface area contributed by atoms with Crippen molar-refractivity contribution in [1.29, 1.82) is 0 Å². The number of methoxy groups -OCH3 is 1. The van der Waals surface area contributed by atoms with E-state index >= 15 is 0 Å². The fourth-order valence-corrected chi connectivity index (χ4v) is 2.31. The highest BCUT2D eigenvalue weighted by molar-refractivity contribution is 5.88. The average molecular weight is 270 g/mol. The first kappa shape index (κ1) is 14.4. The summed E-state index contributed by atoms with van der Waals surface area (Å²) in [4.78, 5) is 6.93. The smallest absolute Gasteiger partial charge is 0.112 e. The third kappa shape index (κ3) is 3.29. The van der Waals surface area contributed by atoms with Gasteiger partial charge in [-0.05, 0) is 25.5 Å². The quantitative estimate of drug-likeness (QED) is 0.833. The van der Waals surface area contributed by atoms with Crippen molar-refractivity contribution in [1.82, 2.24) is 4.90 Å². The Labute approximate surface area is 121 Å². The zero-order chi connectivity index (χ0) is 14.4. The van der Waals surface area contributed by atoms with Crippen LogP contribution in [0.1, 0.15) is 25.8 Å². The second-order valence-corrected chi connectivity index (χ2v) is 4.66. The summed E-state index contributed by atoms with van der Waals surface area (Å²) in [7, 11) is 1.72. The SMILES string of the molecule is CCN(CC)C1=NC=C(c2ccccc2)C=C(OC)C1. The van der Waals surface area contributed by atoms with Crippen LogP contribution < -0.4 is 0 Å². The molecule has 3 nitrogen and oxygen atoms in total. The summed E-state index contributed by atoms with van der Waals surface area (Å²) in [5.74, 6) is 2.01. The first-order valence-electron chi connectivity index (χ1n) is 7.10. The van der Waals surface area contributed by atoms with Crippen LogP contribution in [0.5, 0.6) is 0 Å². The molecule has 1 aromatic carbocycles. The molecule has 1 aliphatic rings. The minimum absolute atomic E-state index is 0.741. The summed E-state index contributed by atoms with van der Waals surface area (Å²) in [5, 5.41) is 0. The molecule has 0 aromatic heterocycles. The number of rotatable bonds is 4. The lowest BCUT2D eigenvalue weighted by atomic mass is 10.1. The Bertz CT molecular complexity index is 525. The average Bonchev–Trinajstić information content (AvgIpc) is 2.72. The second-order valence-electron chi connectivity index (χ2n) is 4.66. The van der Waals surface area contributed by atoms with Gasteiger partial charge in [0.05, 0.1) is 13.5 Å². The molecule has 0 N–H and O–H groups in total. The fourth-order valence-electron chi connectivity index (χ4n) is 2.31. The normalized spacial score (nSPS) is 14.8. The van der Waals surface area contributed by atoms with E-state index in [-0.39, 0.29) is 0 Å². The molecule has 0 saturated heterocycles. The maximum absolute atomic E-state index is 5.51. The number of ether oxygens (including phenoxy) is 1. The molecule has 106 valence electrons. The molecule has 20 heavy (non-hydrogen) atoms. The predicted octanol–water partition coefficient (Wildman–Crippen LogP) is 3.70. The summed E-state index contributed by atoms with van der Waals surface area (Å²) in [5.41, 5.74) is 2.25. The van der Waals surface area contributed by atoms with Crippen LogP contribution in [0.3, 0.4) is 0 Å². The van der Waals surface area contributed by atoms with Crippen molar-refractivity contribution in [2.45, 2.75) is 20.3 Å². The highest BCUT2D eigenvalue weighted by Crippen LogP contribution is 2.22. The third-order valence-electron chi connectivity index (χ3n) is 3.50. The fraction of sp³-hybridized carbons (Fsp3) is 0.353. The van der Waals surface area contributed by atoms with Crippen LogP contribution >= 0.6 is 0 Å². The van der Waals surface area contributed by atoms with Gasteiger partial charge in [0.25, 0.3) is 0 Å². The Morgan fingerprint density at radius 3 is 2.45 bits per heavy atom. The van der Waals surface area contributed by atoms with Gasteiger partial charge in [-0.15, -0.1) is 0 Å². The molecule has 0 amide bonds. The Morgan fingerprint density at radius 2 is 1.85 bits per heavy atom. The highest BCUT2D eigenvalue weighted by Gasteiger charge is 2.14. The number of benzene rings is 1. The highest BCUT2D eigenvalue weighted by atomic mass is 16.5. The van der Waals surface area contributed by atoms with E-state index in [4.69, 9.17) is 4.74 Å². The minimum Gasteiger partial charge on any atom is -0.501 e. The number of nitrogens with zero attached hydrogens (tertiary/aromatic N) is 2. The van der Waals surface area contributed by atoms with Gasteiger partial charge >= 0.3 is 0 Å². The van der Waals surface area contributed by atoms with Gasteiger partial charge in [-0.25, -0.2) is 4.99 Å². The number of aliphatic imine (C=N–C) groups is 1. The zero-order valence-corrected chi connectivity index (χ0v) is 12.5. The van der Waals surface area contributed by atoms with E-state index in [1.165, 1.54) is 0 Å². The molecule has 3 heteroatoms. The minimum atomic E-state index is 0.741. The lowest BCUT2D eigenvalue weighted by Crippen LogP contribution is -2.30.